The van der Waals surface area contributed by atoms with Crippen LogP contribution in [0, 0.1) is 11.3 Å². The molecular formula is C23H23Cl2N2O4S2+. The molecule has 0 N–H and O–H groups in total. The van der Waals surface area contributed by atoms with Crippen molar-refractivity contribution in [1.29, 1.82) is 0 Å². The van der Waals surface area contributed by atoms with E-state index < -0.39 is 10.0 Å². The Kier molecular flexibility index (Phi) is 8.18. The molecule has 6 nitrogen and oxygen atoms in total. The van der Waals surface area contributed by atoms with Gasteiger partial charge >= 0.3 is 0 Å². The third kappa shape index (κ3) is 5.25. The smallest absolute Gasteiger partial charge is 0.285 e. The molecule has 0 amide bonds. The molecule has 0 saturated carbocycles. The van der Waals surface area contributed by atoms with Crippen LogP contribution in [0.1, 0.15) is 17.4 Å². The van der Waals surface area contributed by atoms with Gasteiger partial charge in [-0.05, 0) is 36.4 Å². The summed E-state index contributed by atoms with van der Waals surface area (Å²) in [6.07, 6.45) is 13.0. The number of sulfonamides is 1. The molecule has 3 rings (SSSR count). The van der Waals surface area contributed by atoms with E-state index in [-0.39, 0.29) is 45.0 Å². The number of thioether (sulfide) groups is 1. The second kappa shape index (κ2) is 10.5. The van der Waals surface area contributed by atoms with Crippen LogP contribution in [0.15, 0.2) is 71.3 Å². The molecule has 0 fully saturated rings. The van der Waals surface area contributed by atoms with Crippen LogP contribution in [0.3, 0.4) is 0 Å². The summed E-state index contributed by atoms with van der Waals surface area (Å²) in [5.41, 5.74) is 0.885. The predicted octanol–water partition coefficient (Wildman–Crippen LogP) is 5.30. The van der Waals surface area contributed by atoms with Crippen LogP contribution in [0.5, 0.6) is 0 Å². The number of Topliss-reactive ketones (excluding diaryl/α,β-unsaturated/α-hetero) is 1. The molecule has 0 saturated heterocycles. The molecule has 33 heavy (non-hydrogen) atoms. The lowest BCUT2D eigenvalue weighted by Crippen LogP contribution is -2.36. The molecule has 1 aromatic rings. The molecule has 2 unspecified atom stereocenters. The van der Waals surface area contributed by atoms with Crippen molar-refractivity contribution in [1.82, 2.24) is 4.98 Å². The normalized spacial score (nSPS) is 20.5. The minimum absolute atomic E-state index is 0.0258. The standard InChI is InChI=1S/C23H23Cl2N2O4S2/c1-14-6-5-7-18(23(14)32-4)22(28)21-20(11-16(24)12-26-21)27(13-31-3)33(29,30)17-8-9-19(25)15(2)10-17/h5-12,14,23H,2,13H2,1,3-4H3/q+1. The van der Waals surface area contributed by atoms with Crippen LogP contribution in [0.2, 0.25) is 5.02 Å². The van der Waals surface area contributed by atoms with Crippen LogP contribution < -0.4 is 4.31 Å². The molecule has 0 radical (unpaired) electrons. The largest absolute Gasteiger partial charge is 0.363 e. The maximum atomic E-state index is 13.6. The second-order valence-electron chi connectivity index (χ2n) is 7.40. The highest BCUT2D eigenvalue weighted by atomic mass is 35.5. The van der Waals surface area contributed by atoms with Gasteiger partial charge in [-0.15, -0.1) is 0 Å². The first-order valence-electron chi connectivity index (χ1n) is 9.86. The molecule has 1 heterocycles. The number of ether oxygens (including phenoxy) is 1. The van der Waals surface area contributed by atoms with Gasteiger partial charge in [0.15, 0.2) is 4.91 Å². The Morgan fingerprint density at radius 3 is 2.79 bits per heavy atom. The highest BCUT2D eigenvalue weighted by Crippen LogP contribution is 2.36. The van der Waals surface area contributed by atoms with E-state index in [1.54, 1.807) is 17.8 Å². The Bertz CT molecular complexity index is 1190. The lowest BCUT2D eigenvalue weighted by atomic mass is 9.91. The minimum Gasteiger partial charge on any atom is -0.363 e. The van der Waals surface area contributed by atoms with Gasteiger partial charge < -0.3 is 4.74 Å². The van der Waals surface area contributed by atoms with Crippen LogP contribution in [-0.2, 0) is 14.8 Å². The summed E-state index contributed by atoms with van der Waals surface area (Å²) in [6.45, 7) is 5.43. The number of ketones is 1. The zero-order chi connectivity index (χ0) is 24.3. The van der Waals surface area contributed by atoms with Gasteiger partial charge in [-0.1, -0.05) is 36.8 Å². The van der Waals surface area contributed by atoms with Gasteiger partial charge in [-0.3, -0.25) is 4.79 Å². The number of hydrogen-bond acceptors (Lipinski definition) is 6. The molecule has 0 spiro atoms. The van der Waals surface area contributed by atoms with Crippen molar-refractivity contribution in [3.8, 4) is 0 Å². The predicted molar refractivity (Wildman–Crippen MR) is 136 cm³/mol. The van der Waals surface area contributed by atoms with Crippen molar-refractivity contribution in [2.45, 2.75) is 12.2 Å². The number of halogens is 2. The highest BCUT2D eigenvalue weighted by Gasteiger charge is 2.36. The first-order valence-corrected chi connectivity index (χ1v) is 13.3. The number of carbonyl (C=O) groups excluding carboxylic acids is 1. The van der Waals surface area contributed by atoms with E-state index in [1.807, 2.05) is 25.3 Å². The van der Waals surface area contributed by atoms with Gasteiger partial charge in [0.25, 0.3) is 10.0 Å². The van der Waals surface area contributed by atoms with Crippen LogP contribution in [0.4, 0.5) is 5.69 Å². The molecule has 0 aromatic carbocycles. The maximum absolute atomic E-state index is 13.6. The zero-order valence-electron chi connectivity index (χ0n) is 18.3. The number of carbonyl (C=O) groups is 1. The summed E-state index contributed by atoms with van der Waals surface area (Å²) in [7, 11) is -2.81. The Morgan fingerprint density at radius 1 is 1.42 bits per heavy atom. The molecule has 10 heteroatoms. The zero-order valence-corrected chi connectivity index (χ0v) is 21.4. The first kappa shape index (κ1) is 25.6. The van der Waals surface area contributed by atoms with E-state index in [9.17, 15) is 13.2 Å². The topological polar surface area (TPSA) is 76.6 Å². The Labute approximate surface area is 208 Å². The fraction of sp³-hybridized carbons (Fsp3) is 0.261. The van der Waals surface area contributed by atoms with E-state index in [0.29, 0.717) is 16.5 Å². The number of aromatic nitrogens is 1. The summed E-state index contributed by atoms with van der Waals surface area (Å²) in [5.74, 6) is -0.245. The Morgan fingerprint density at radius 2 is 2.15 bits per heavy atom. The van der Waals surface area contributed by atoms with Crippen LogP contribution in [0.25, 0.3) is 0 Å². The number of hydrogen-bond donors (Lipinski definition) is 0. The minimum atomic E-state index is -4.17. The summed E-state index contributed by atoms with van der Waals surface area (Å²) in [6, 6.07) is 1.40. The Balaban J connectivity index is 2.13. The van der Waals surface area contributed by atoms with E-state index >= 15 is 0 Å². The maximum Gasteiger partial charge on any atom is 0.285 e. The molecular weight excluding hydrogens is 503 g/mol. The van der Waals surface area contributed by atoms with Crippen molar-refractivity contribution in [3.63, 3.8) is 0 Å². The van der Waals surface area contributed by atoms with Gasteiger partial charge in [0.2, 0.25) is 5.78 Å². The van der Waals surface area contributed by atoms with E-state index in [1.165, 1.54) is 37.6 Å². The summed E-state index contributed by atoms with van der Waals surface area (Å²) in [4.78, 5) is 17.8. The van der Waals surface area contributed by atoms with Crippen molar-refractivity contribution >= 4 is 56.5 Å². The summed E-state index contributed by atoms with van der Waals surface area (Å²) >= 11 is 13.7. The average Bonchev–Trinajstić information content (AvgIpc) is 2.78. The number of nitrogens with zero attached hydrogens (tertiary/aromatic N) is 2. The average molecular weight is 526 g/mol. The van der Waals surface area contributed by atoms with Crippen LogP contribution >= 0.6 is 35.0 Å². The first-order chi connectivity index (χ1) is 15.6. The van der Waals surface area contributed by atoms with Crippen molar-refractivity contribution < 1.29 is 17.9 Å². The number of anilines is 1. The van der Waals surface area contributed by atoms with E-state index in [2.05, 4.69) is 11.6 Å². The van der Waals surface area contributed by atoms with Gasteiger partial charge in [0.05, 0.1) is 16.8 Å². The quantitative estimate of drug-likeness (QED) is 0.260. The molecule has 0 aliphatic heterocycles. The van der Waals surface area contributed by atoms with Crippen molar-refractivity contribution in [2.75, 3.05) is 24.4 Å². The van der Waals surface area contributed by atoms with E-state index in [4.69, 9.17) is 27.9 Å². The summed E-state index contributed by atoms with van der Waals surface area (Å²) < 4.78 is 33.3. The van der Waals surface area contributed by atoms with E-state index in [0.717, 1.165) is 4.31 Å². The number of allylic oxidation sites excluding steroid dienone is 7. The van der Waals surface area contributed by atoms with Gasteiger partial charge in [0.1, 0.15) is 23.4 Å². The van der Waals surface area contributed by atoms with Gasteiger partial charge in [-0.25, -0.2) is 9.29 Å². The summed E-state index contributed by atoms with van der Waals surface area (Å²) in [5, 5.41) is 0.423. The second-order valence-corrected chi connectivity index (χ2v) is 11.1. The van der Waals surface area contributed by atoms with Gasteiger partial charge in [-0.2, -0.15) is 20.2 Å². The third-order valence-electron chi connectivity index (χ3n) is 5.16. The molecule has 2 aliphatic rings. The monoisotopic (exact) mass is 525 g/mol. The molecule has 174 valence electrons. The van der Waals surface area contributed by atoms with Crippen molar-refractivity contribution in [2.24, 2.45) is 5.92 Å². The highest BCUT2D eigenvalue weighted by molar-refractivity contribution is 7.99. The molecule has 2 aliphatic carbocycles. The molecule has 1 aromatic heterocycles. The number of methoxy groups -OCH3 is 1. The lowest BCUT2D eigenvalue weighted by Gasteiger charge is -2.27. The van der Waals surface area contributed by atoms with Crippen LogP contribution in [-0.4, -0.2) is 44.5 Å². The van der Waals surface area contributed by atoms with Crippen molar-refractivity contribution in [3.05, 3.63) is 87.4 Å². The fourth-order valence-electron chi connectivity index (χ4n) is 3.51. The number of rotatable bonds is 8. The number of pyridine rings is 1. The molecule has 0 bridgehead atoms. The fourth-order valence-corrected chi connectivity index (χ4v) is 6.17. The van der Waals surface area contributed by atoms with Gasteiger partial charge in [0, 0.05) is 36.3 Å². The SMILES string of the molecule is C=C1C=C(S(=O)(=O)N(COC)c2cc(Cl)cnc2C(=O)C2=CC=CC(C)C2SC)C=C[C+]1Cl. The molecule has 2 atom stereocenters. The Hall–Kier alpha value is -1.97. The third-order valence-corrected chi connectivity index (χ3v) is 8.66. The lowest BCUT2D eigenvalue weighted by molar-refractivity contribution is 0.102.